The van der Waals surface area contributed by atoms with E-state index in [1.54, 1.807) is 12.1 Å². The second kappa shape index (κ2) is 5.87. The molecular weight excluding hydrogens is 267 g/mol. The molecule has 0 saturated carbocycles. The molecule has 1 aromatic rings. The van der Waals surface area contributed by atoms with Crippen molar-refractivity contribution in [2.45, 2.75) is 31.9 Å². The molecule has 0 radical (unpaired) electrons. The summed E-state index contributed by atoms with van der Waals surface area (Å²) in [5.41, 5.74) is 0.631. The van der Waals surface area contributed by atoms with Crippen molar-refractivity contribution in [2.75, 3.05) is 14.2 Å². The number of alkyl halides is 3. The minimum atomic E-state index is -4.30. The second-order valence-corrected chi connectivity index (χ2v) is 5.38. The lowest BCUT2D eigenvalue weighted by atomic mass is 9.80. The molecule has 0 aliphatic heterocycles. The fourth-order valence-corrected chi connectivity index (χ4v) is 1.96. The van der Waals surface area contributed by atoms with E-state index in [-0.39, 0.29) is 5.41 Å². The standard InChI is InChI=1S/C15H20F3NO/c1-11(19(4)20-5)10-14(2,3)12-6-8-13(9-7-12)15(16,17)18/h6-9H,1,10H2,2-5H3. The van der Waals surface area contributed by atoms with Crippen LogP contribution in [0, 0.1) is 0 Å². The first-order chi connectivity index (χ1) is 9.08. The topological polar surface area (TPSA) is 12.5 Å². The lowest BCUT2D eigenvalue weighted by Crippen LogP contribution is -2.24. The van der Waals surface area contributed by atoms with Crippen molar-refractivity contribution in [3.8, 4) is 0 Å². The molecule has 0 fully saturated rings. The minimum Gasteiger partial charge on any atom is -0.277 e. The monoisotopic (exact) mass is 287 g/mol. The zero-order valence-electron chi connectivity index (χ0n) is 12.2. The Hall–Kier alpha value is -1.49. The SMILES string of the molecule is C=C(CC(C)(C)c1ccc(C(F)(F)F)cc1)N(C)OC. The largest absolute Gasteiger partial charge is 0.416 e. The van der Waals surface area contributed by atoms with Crippen LogP contribution in [-0.2, 0) is 16.4 Å². The van der Waals surface area contributed by atoms with Gasteiger partial charge >= 0.3 is 6.18 Å². The highest BCUT2D eigenvalue weighted by Crippen LogP contribution is 2.34. The van der Waals surface area contributed by atoms with Crippen molar-refractivity contribution in [3.63, 3.8) is 0 Å². The van der Waals surface area contributed by atoms with Crippen molar-refractivity contribution in [1.82, 2.24) is 5.06 Å². The molecule has 1 rings (SSSR count). The summed E-state index contributed by atoms with van der Waals surface area (Å²) in [6.07, 6.45) is -3.72. The van der Waals surface area contributed by atoms with Gasteiger partial charge in [-0.25, -0.2) is 0 Å². The van der Waals surface area contributed by atoms with E-state index in [9.17, 15) is 13.2 Å². The summed E-state index contributed by atoms with van der Waals surface area (Å²) >= 11 is 0. The van der Waals surface area contributed by atoms with Gasteiger partial charge in [0.15, 0.2) is 0 Å². The third kappa shape index (κ3) is 4.00. The summed E-state index contributed by atoms with van der Waals surface area (Å²) in [4.78, 5) is 5.04. The first-order valence-corrected chi connectivity index (χ1v) is 6.21. The molecule has 1 aromatic carbocycles. The maximum absolute atomic E-state index is 12.5. The summed E-state index contributed by atoms with van der Waals surface area (Å²) in [6.45, 7) is 7.84. The molecule has 0 aliphatic carbocycles. The average molecular weight is 287 g/mol. The summed E-state index contributed by atoms with van der Waals surface area (Å²) in [7, 11) is 3.28. The normalized spacial score (nSPS) is 12.3. The van der Waals surface area contributed by atoms with Crippen LogP contribution < -0.4 is 0 Å². The van der Waals surface area contributed by atoms with Crippen molar-refractivity contribution in [1.29, 1.82) is 0 Å². The highest BCUT2D eigenvalue weighted by atomic mass is 19.4. The molecule has 0 heterocycles. The fourth-order valence-electron chi connectivity index (χ4n) is 1.96. The molecule has 0 amide bonds. The van der Waals surface area contributed by atoms with Crippen LogP contribution in [0.1, 0.15) is 31.4 Å². The van der Waals surface area contributed by atoms with Gasteiger partial charge in [-0.2, -0.15) is 13.2 Å². The molecule has 0 atom stereocenters. The Balaban J connectivity index is 2.90. The van der Waals surface area contributed by atoms with Gasteiger partial charge < -0.3 is 0 Å². The highest BCUT2D eigenvalue weighted by Gasteiger charge is 2.31. The molecule has 0 aliphatic rings. The number of nitrogens with zero attached hydrogens (tertiary/aromatic N) is 1. The van der Waals surface area contributed by atoms with E-state index in [0.717, 1.165) is 23.4 Å². The smallest absolute Gasteiger partial charge is 0.277 e. The average Bonchev–Trinajstić information content (AvgIpc) is 2.36. The number of rotatable bonds is 5. The van der Waals surface area contributed by atoms with Crippen molar-refractivity contribution in [3.05, 3.63) is 47.7 Å². The number of benzene rings is 1. The molecule has 2 nitrogen and oxygen atoms in total. The van der Waals surface area contributed by atoms with E-state index in [2.05, 4.69) is 6.58 Å². The molecule has 0 saturated heterocycles. The van der Waals surface area contributed by atoms with Crippen LogP contribution >= 0.6 is 0 Å². The van der Waals surface area contributed by atoms with Gasteiger partial charge in [-0.15, -0.1) is 0 Å². The van der Waals surface area contributed by atoms with Gasteiger partial charge in [0.05, 0.1) is 12.7 Å². The second-order valence-electron chi connectivity index (χ2n) is 5.38. The lowest BCUT2D eigenvalue weighted by molar-refractivity contribution is -0.137. The van der Waals surface area contributed by atoms with Crippen molar-refractivity contribution in [2.24, 2.45) is 0 Å². The first-order valence-electron chi connectivity index (χ1n) is 6.21. The zero-order valence-corrected chi connectivity index (χ0v) is 12.2. The maximum Gasteiger partial charge on any atom is 0.416 e. The van der Waals surface area contributed by atoms with Gasteiger partial charge in [-0.1, -0.05) is 32.6 Å². The van der Waals surface area contributed by atoms with Gasteiger partial charge in [0, 0.05) is 12.7 Å². The van der Waals surface area contributed by atoms with Gasteiger partial charge in [0.25, 0.3) is 0 Å². The highest BCUT2D eigenvalue weighted by molar-refractivity contribution is 5.30. The molecule has 112 valence electrons. The minimum absolute atomic E-state index is 0.325. The van der Waals surface area contributed by atoms with Crippen LogP contribution in [0.5, 0.6) is 0 Å². The fraction of sp³-hybridized carbons (Fsp3) is 0.467. The molecule has 0 spiro atoms. The van der Waals surface area contributed by atoms with Crippen molar-refractivity contribution < 1.29 is 18.0 Å². The Kier molecular flexibility index (Phi) is 4.86. The third-order valence-electron chi connectivity index (χ3n) is 3.36. The lowest BCUT2D eigenvalue weighted by Gasteiger charge is -2.29. The summed E-state index contributed by atoms with van der Waals surface area (Å²) in [5, 5.41) is 1.55. The predicted octanol–water partition coefficient (Wildman–Crippen LogP) is 4.38. The van der Waals surface area contributed by atoms with Crippen LogP contribution in [-0.4, -0.2) is 19.2 Å². The molecular formula is C15H20F3NO. The summed E-state index contributed by atoms with van der Waals surface area (Å²) < 4.78 is 37.6. The van der Waals surface area contributed by atoms with Gasteiger partial charge in [-0.05, 0) is 29.5 Å². The Morgan fingerprint density at radius 2 is 1.60 bits per heavy atom. The number of allylic oxidation sites excluding steroid dienone is 1. The quantitative estimate of drug-likeness (QED) is 0.745. The number of hydroxylamine groups is 2. The van der Waals surface area contributed by atoms with E-state index in [1.165, 1.54) is 19.2 Å². The molecule has 0 unspecified atom stereocenters. The van der Waals surface area contributed by atoms with E-state index in [1.807, 2.05) is 13.8 Å². The van der Waals surface area contributed by atoms with Gasteiger partial charge in [0.2, 0.25) is 0 Å². The van der Waals surface area contributed by atoms with E-state index in [4.69, 9.17) is 4.84 Å². The van der Waals surface area contributed by atoms with Crippen LogP contribution in [0.25, 0.3) is 0 Å². The Bertz CT molecular complexity index is 463. The summed E-state index contributed by atoms with van der Waals surface area (Å²) in [6, 6.07) is 5.26. The van der Waals surface area contributed by atoms with E-state index in [0.29, 0.717) is 6.42 Å². The van der Waals surface area contributed by atoms with Crippen molar-refractivity contribution >= 4 is 0 Å². The first kappa shape index (κ1) is 16.6. The van der Waals surface area contributed by atoms with Crippen LogP contribution in [0.3, 0.4) is 0 Å². The van der Waals surface area contributed by atoms with E-state index < -0.39 is 11.7 Å². The molecule has 20 heavy (non-hydrogen) atoms. The number of hydrogen-bond donors (Lipinski definition) is 0. The Labute approximate surface area is 117 Å². The van der Waals surface area contributed by atoms with Crippen LogP contribution in [0.4, 0.5) is 13.2 Å². The molecule has 0 bridgehead atoms. The number of hydrogen-bond acceptors (Lipinski definition) is 2. The molecule has 0 N–H and O–H groups in total. The third-order valence-corrected chi connectivity index (χ3v) is 3.36. The molecule has 5 heteroatoms. The van der Waals surface area contributed by atoms with Gasteiger partial charge in [0.1, 0.15) is 0 Å². The van der Waals surface area contributed by atoms with Crippen LogP contribution in [0.15, 0.2) is 36.5 Å². The maximum atomic E-state index is 12.5. The summed E-state index contributed by atoms with van der Waals surface area (Å²) in [5.74, 6) is 0. The van der Waals surface area contributed by atoms with E-state index >= 15 is 0 Å². The Morgan fingerprint density at radius 1 is 1.15 bits per heavy atom. The molecule has 0 aromatic heterocycles. The van der Waals surface area contributed by atoms with Gasteiger partial charge in [-0.3, -0.25) is 9.90 Å². The Morgan fingerprint density at radius 3 is 2.00 bits per heavy atom. The number of halogens is 3. The predicted molar refractivity (Wildman–Crippen MR) is 73.0 cm³/mol. The zero-order chi connectivity index (χ0) is 15.6. The van der Waals surface area contributed by atoms with Crippen LogP contribution in [0.2, 0.25) is 0 Å².